The van der Waals surface area contributed by atoms with Gasteiger partial charge >= 0.3 is 0 Å². The first-order valence-electron chi connectivity index (χ1n) is 9.70. The molecule has 0 amide bonds. The predicted octanol–water partition coefficient (Wildman–Crippen LogP) is 3.29. The van der Waals surface area contributed by atoms with Gasteiger partial charge in [0.1, 0.15) is 11.9 Å². The van der Waals surface area contributed by atoms with Crippen molar-refractivity contribution in [2.75, 3.05) is 11.0 Å². The van der Waals surface area contributed by atoms with Crippen LogP contribution in [0.4, 0.5) is 5.69 Å². The van der Waals surface area contributed by atoms with Crippen LogP contribution < -0.4 is 15.0 Å². The zero-order valence-corrected chi connectivity index (χ0v) is 17.1. The third kappa shape index (κ3) is 3.29. The van der Waals surface area contributed by atoms with Crippen LogP contribution in [-0.4, -0.2) is 25.3 Å². The van der Waals surface area contributed by atoms with Gasteiger partial charge in [-0.1, -0.05) is 18.2 Å². The number of anilines is 1. The van der Waals surface area contributed by atoms with E-state index in [1.165, 1.54) is 12.8 Å². The van der Waals surface area contributed by atoms with Crippen LogP contribution in [0.15, 0.2) is 47.4 Å². The summed E-state index contributed by atoms with van der Waals surface area (Å²) >= 11 is 0. The highest BCUT2D eigenvalue weighted by Crippen LogP contribution is 2.47. The van der Waals surface area contributed by atoms with Crippen molar-refractivity contribution in [3.63, 3.8) is 0 Å². The number of nitrogens with one attached hydrogen (secondary N) is 1. The third-order valence-corrected chi connectivity index (χ3v) is 6.29. The Hall–Kier alpha value is -2.80. The van der Waals surface area contributed by atoms with Gasteiger partial charge in [-0.25, -0.2) is 8.42 Å². The number of ether oxygens (including phenoxy) is 1. The maximum atomic E-state index is 12.6. The lowest BCUT2D eigenvalue weighted by Gasteiger charge is -2.16. The fourth-order valence-corrected chi connectivity index (χ4v) is 4.77. The highest BCUT2D eigenvalue weighted by atomic mass is 32.2. The van der Waals surface area contributed by atoms with Gasteiger partial charge in [-0.15, -0.1) is 0 Å². The molecule has 1 saturated carbocycles. The van der Waals surface area contributed by atoms with Crippen LogP contribution in [-0.2, 0) is 23.5 Å². The Morgan fingerprint density at radius 3 is 2.52 bits per heavy atom. The minimum absolute atomic E-state index is 0.0665. The minimum Gasteiger partial charge on any atom is -0.489 e. The summed E-state index contributed by atoms with van der Waals surface area (Å²) in [4.78, 5) is 12.6. The fourth-order valence-electron chi connectivity index (χ4n) is 4.22. The lowest BCUT2D eigenvalue weighted by Crippen LogP contribution is -2.17. The molecular weight excluding hydrogens is 388 g/mol. The van der Waals surface area contributed by atoms with Gasteiger partial charge in [-0.3, -0.25) is 9.52 Å². The normalized spacial score (nSPS) is 18.5. The van der Waals surface area contributed by atoms with E-state index in [9.17, 15) is 13.2 Å². The Morgan fingerprint density at radius 1 is 1.10 bits per heavy atom. The van der Waals surface area contributed by atoms with Crippen molar-refractivity contribution in [2.45, 2.75) is 25.4 Å². The average Bonchev–Trinajstić information content (AvgIpc) is 3.42. The molecule has 7 heteroatoms. The predicted molar refractivity (Wildman–Crippen MR) is 114 cm³/mol. The first-order valence-corrected chi connectivity index (χ1v) is 11.6. The first kappa shape index (κ1) is 18.2. The van der Waals surface area contributed by atoms with E-state index >= 15 is 0 Å². The molecule has 0 radical (unpaired) electrons. The van der Waals surface area contributed by atoms with Gasteiger partial charge in [0.2, 0.25) is 10.0 Å². The smallest absolute Gasteiger partial charge is 0.258 e. The SMILES string of the molecule is Cn1cc(-c2cc(NS(C)(=O)=O)cc3c2OC(C2CC2)C3)c2ccccc2c1=O. The number of aryl methyl sites for hydroxylation is 1. The Balaban J connectivity index is 1.76. The fraction of sp³-hybridized carbons (Fsp3) is 0.318. The molecular formula is C22H22N2O4S. The molecule has 0 saturated heterocycles. The first-order chi connectivity index (χ1) is 13.8. The minimum atomic E-state index is -3.41. The molecule has 1 aliphatic carbocycles. The second-order valence-corrected chi connectivity index (χ2v) is 9.84. The standard InChI is InChI=1S/C22H22N2O4S/c1-24-12-19(16-5-3-4-6-17(16)22(24)25)18-11-15(23-29(2,26)27)9-14-10-20(13-7-8-13)28-21(14)18/h3-6,9,11-13,20,23H,7-8,10H2,1-2H3. The maximum absolute atomic E-state index is 12.6. The number of pyridine rings is 1. The lowest BCUT2D eigenvalue weighted by molar-refractivity contribution is 0.208. The number of hydrogen-bond donors (Lipinski definition) is 1. The van der Waals surface area contributed by atoms with Gasteiger partial charge in [0.25, 0.3) is 5.56 Å². The highest BCUT2D eigenvalue weighted by molar-refractivity contribution is 7.92. The molecule has 29 heavy (non-hydrogen) atoms. The van der Waals surface area contributed by atoms with Crippen LogP contribution in [0.1, 0.15) is 18.4 Å². The van der Waals surface area contributed by atoms with Crippen molar-refractivity contribution < 1.29 is 13.2 Å². The highest BCUT2D eigenvalue weighted by Gasteiger charge is 2.38. The van der Waals surface area contributed by atoms with Gasteiger partial charge in [0, 0.05) is 47.4 Å². The molecule has 0 bridgehead atoms. The average molecular weight is 410 g/mol. The quantitative estimate of drug-likeness (QED) is 0.716. The number of nitrogens with zero attached hydrogens (tertiary/aromatic N) is 1. The van der Waals surface area contributed by atoms with Gasteiger partial charge < -0.3 is 9.30 Å². The van der Waals surface area contributed by atoms with E-state index in [2.05, 4.69) is 4.72 Å². The maximum Gasteiger partial charge on any atom is 0.258 e. The number of sulfonamides is 1. The molecule has 2 aliphatic rings. The lowest BCUT2D eigenvalue weighted by atomic mass is 9.96. The number of aromatic nitrogens is 1. The Kier molecular flexibility index (Phi) is 4.00. The second-order valence-electron chi connectivity index (χ2n) is 8.09. The van der Waals surface area contributed by atoms with E-state index in [4.69, 9.17) is 4.74 Å². The molecule has 1 N–H and O–H groups in total. The van der Waals surface area contributed by atoms with Crippen molar-refractivity contribution in [3.05, 3.63) is 58.5 Å². The van der Waals surface area contributed by atoms with Crippen LogP contribution in [0.25, 0.3) is 21.9 Å². The second kappa shape index (κ2) is 6.35. The van der Waals surface area contributed by atoms with E-state index in [1.807, 2.05) is 30.3 Å². The Bertz CT molecular complexity index is 1310. The number of rotatable bonds is 4. The Labute approximate surface area is 169 Å². The topological polar surface area (TPSA) is 77.4 Å². The van der Waals surface area contributed by atoms with E-state index in [-0.39, 0.29) is 11.7 Å². The summed E-state index contributed by atoms with van der Waals surface area (Å²) in [5.41, 5.74) is 3.11. The molecule has 0 spiro atoms. The molecule has 2 heterocycles. The summed E-state index contributed by atoms with van der Waals surface area (Å²) in [6.45, 7) is 0. The van der Waals surface area contributed by atoms with Crippen LogP contribution in [0.2, 0.25) is 0 Å². The number of benzene rings is 2. The molecule has 1 fully saturated rings. The summed E-state index contributed by atoms with van der Waals surface area (Å²) < 4.78 is 34.2. The van der Waals surface area contributed by atoms with Crippen LogP contribution in [0.3, 0.4) is 0 Å². The van der Waals surface area contributed by atoms with E-state index < -0.39 is 10.0 Å². The van der Waals surface area contributed by atoms with Crippen molar-refractivity contribution in [1.82, 2.24) is 4.57 Å². The summed E-state index contributed by atoms with van der Waals surface area (Å²) in [6.07, 6.45) is 6.20. The van der Waals surface area contributed by atoms with E-state index in [1.54, 1.807) is 23.9 Å². The molecule has 6 nitrogen and oxygen atoms in total. The molecule has 1 aliphatic heterocycles. The van der Waals surface area contributed by atoms with Crippen molar-refractivity contribution in [2.24, 2.45) is 13.0 Å². The zero-order valence-electron chi connectivity index (χ0n) is 16.3. The molecule has 2 aromatic carbocycles. The van der Waals surface area contributed by atoms with Gasteiger partial charge in [0.15, 0.2) is 0 Å². The summed E-state index contributed by atoms with van der Waals surface area (Å²) in [6, 6.07) is 11.2. The van der Waals surface area contributed by atoms with Crippen molar-refractivity contribution in [3.8, 4) is 16.9 Å². The summed E-state index contributed by atoms with van der Waals surface area (Å²) in [7, 11) is -1.69. The molecule has 1 aromatic heterocycles. The molecule has 150 valence electrons. The van der Waals surface area contributed by atoms with E-state index in [0.29, 0.717) is 17.0 Å². The van der Waals surface area contributed by atoms with Gasteiger partial charge in [-0.05, 0) is 42.3 Å². The number of hydrogen-bond acceptors (Lipinski definition) is 4. The van der Waals surface area contributed by atoms with Crippen LogP contribution >= 0.6 is 0 Å². The van der Waals surface area contributed by atoms with Crippen LogP contribution in [0.5, 0.6) is 5.75 Å². The third-order valence-electron chi connectivity index (χ3n) is 5.69. The van der Waals surface area contributed by atoms with Crippen molar-refractivity contribution in [1.29, 1.82) is 0 Å². The molecule has 1 unspecified atom stereocenters. The largest absolute Gasteiger partial charge is 0.489 e. The molecule has 1 atom stereocenters. The van der Waals surface area contributed by atoms with E-state index in [0.717, 1.165) is 40.5 Å². The Morgan fingerprint density at radius 2 is 1.83 bits per heavy atom. The monoisotopic (exact) mass is 410 g/mol. The summed E-state index contributed by atoms with van der Waals surface area (Å²) in [5.74, 6) is 1.36. The molecule has 3 aromatic rings. The number of fused-ring (bicyclic) bond motifs is 2. The van der Waals surface area contributed by atoms with Crippen LogP contribution in [0, 0.1) is 5.92 Å². The van der Waals surface area contributed by atoms with Crippen molar-refractivity contribution >= 4 is 26.5 Å². The molecule has 5 rings (SSSR count). The van der Waals surface area contributed by atoms with Gasteiger partial charge in [0.05, 0.1) is 6.26 Å². The summed E-state index contributed by atoms with van der Waals surface area (Å²) in [5, 5.41) is 1.45. The van der Waals surface area contributed by atoms with Gasteiger partial charge in [-0.2, -0.15) is 0 Å². The zero-order chi connectivity index (χ0) is 20.3.